The largest absolute Gasteiger partial charge is 0.388 e. The van der Waals surface area contributed by atoms with Crippen molar-refractivity contribution < 1.29 is 9.90 Å². The molecule has 0 aromatic heterocycles. The Bertz CT molecular complexity index is 215. The predicted molar refractivity (Wildman–Crippen MR) is 66.2 cm³/mol. The van der Waals surface area contributed by atoms with Crippen LogP contribution in [-0.2, 0) is 4.79 Å². The first-order valence-corrected chi connectivity index (χ1v) is 5.93. The molecule has 0 aromatic carbocycles. The van der Waals surface area contributed by atoms with E-state index >= 15 is 0 Å². The van der Waals surface area contributed by atoms with E-state index < -0.39 is 5.60 Å². The average molecular weight is 230 g/mol. The van der Waals surface area contributed by atoms with Crippen LogP contribution in [0.25, 0.3) is 0 Å². The molecule has 2 atom stereocenters. The molecule has 0 saturated carbocycles. The van der Waals surface area contributed by atoms with Gasteiger partial charge in [0.1, 0.15) is 0 Å². The molecule has 0 saturated heterocycles. The van der Waals surface area contributed by atoms with E-state index in [0.717, 1.165) is 0 Å². The van der Waals surface area contributed by atoms with Crippen molar-refractivity contribution in [3.05, 3.63) is 0 Å². The molecule has 0 heterocycles. The van der Waals surface area contributed by atoms with Gasteiger partial charge in [-0.1, -0.05) is 20.8 Å². The number of hydrogen-bond donors (Lipinski definition) is 3. The van der Waals surface area contributed by atoms with Crippen molar-refractivity contribution in [3.8, 4) is 0 Å². The van der Waals surface area contributed by atoms with E-state index in [9.17, 15) is 9.90 Å². The number of carbonyl (C=O) groups excluding carboxylic acids is 1. The summed E-state index contributed by atoms with van der Waals surface area (Å²) in [7, 11) is 1.82. The number of hydrogen-bond acceptors (Lipinski definition) is 3. The van der Waals surface area contributed by atoms with Crippen LogP contribution >= 0.6 is 0 Å². The molecule has 0 radical (unpaired) electrons. The molecule has 0 bridgehead atoms. The lowest BCUT2D eigenvalue weighted by Crippen LogP contribution is -2.44. The fourth-order valence-electron chi connectivity index (χ4n) is 1.80. The molecule has 3 N–H and O–H groups in total. The zero-order valence-electron chi connectivity index (χ0n) is 11.1. The van der Waals surface area contributed by atoms with Crippen LogP contribution in [-0.4, -0.2) is 36.8 Å². The Balaban J connectivity index is 3.99. The Kier molecular flexibility index (Phi) is 6.60. The molecule has 0 aliphatic carbocycles. The third-order valence-electron chi connectivity index (χ3n) is 2.45. The molecule has 4 heteroatoms. The predicted octanol–water partition coefficient (Wildman–Crippen LogP) is 0.755. The van der Waals surface area contributed by atoms with Gasteiger partial charge < -0.3 is 15.7 Å². The van der Waals surface area contributed by atoms with Crippen molar-refractivity contribution in [1.29, 1.82) is 0 Å². The summed E-state index contributed by atoms with van der Waals surface area (Å²) in [4.78, 5) is 11.6. The summed E-state index contributed by atoms with van der Waals surface area (Å²) in [5, 5.41) is 15.8. The maximum Gasteiger partial charge on any atom is 0.224 e. The summed E-state index contributed by atoms with van der Waals surface area (Å²) in [5.41, 5.74) is -0.816. The van der Waals surface area contributed by atoms with E-state index in [2.05, 4.69) is 24.5 Å². The topological polar surface area (TPSA) is 61.4 Å². The summed E-state index contributed by atoms with van der Waals surface area (Å²) < 4.78 is 0. The van der Waals surface area contributed by atoms with E-state index in [1.54, 1.807) is 6.92 Å². The minimum Gasteiger partial charge on any atom is -0.388 e. The van der Waals surface area contributed by atoms with Crippen molar-refractivity contribution in [3.63, 3.8) is 0 Å². The number of carbonyl (C=O) groups is 1. The lowest BCUT2D eigenvalue weighted by molar-refractivity contribution is -0.125. The summed E-state index contributed by atoms with van der Waals surface area (Å²) in [6, 6.07) is 0. The molecular weight excluding hydrogens is 204 g/mol. The molecular formula is C12H26N2O2. The van der Waals surface area contributed by atoms with Gasteiger partial charge in [-0.3, -0.25) is 4.79 Å². The zero-order chi connectivity index (χ0) is 12.8. The smallest absolute Gasteiger partial charge is 0.224 e. The van der Waals surface area contributed by atoms with E-state index in [0.29, 0.717) is 25.4 Å². The molecule has 0 rings (SSSR count). The second kappa shape index (κ2) is 6.86. The molecule has 16 heavy (non-hydrogen) atoms. The van der Waals surface area contributed by atoms with Gasteiger partial charge in [0.2, 0.25) is 5.91 Å². The Labute approximate surface area is 98.8 Å². The van der Waals surface area contributed by atoms with E-state index in [4.69, 9.17) is 0 Å². The summed E-state index contributed by atoms with van der Waals surface area (Å²) in [6.07, 6.45) is 0.688. The van der Waals surface area contributed by atoms with Gasteiger partial charge in [0.25, 0.3) is 0 Å². The fraction of sp³-hybridized carbons (Fsp3) is 0.917. The first kappa shape index (κ1) is 15.4. The average Bonchev–Trinajstić information content (AvgIpc) is 2.12. The lowest BCUT2D eigenvalue weighted by atomic mass is 9.94. The normalized spacial score (nSPS) is 16.9. The third-order valence-corrected chi connectivity index (χ3v) is 2.45. The van der Waals surface area contributed by atoms with Crippen molar-refractivity contribution in [2.45, 2.75) is 39.7 Å². The minimum atomic E-state index is -0.816. The van der Waals surface area contributed by atoms with Crippen LogP contribution in [0.1, 0.15) is 34.1 Å². The maximum absolute atomic E-state index is 11.6. The zero-order valence-corrected chi connectivity index (χ0v) is 11.1. The van der Waals surface area contributed by atoms with Crippen LogP contribution in [0.15, 0.2) is 0 Å². The highest BCUT2D eigenvalue weighted by Gasteiger charge is 2.23. The van der Waals surface area contributed by atoms with Gasteiger partial charge in [-0.25, -0.2) is 0 Å². The molecule has 2 unspecified atom stereocenters. The fourth-order valence-corrected chi connectivity index (χ4v) is 1.80. The molecule has 0 spiro atoms. The molecule has 0 aliphatic rings. The number of aliphatic hydroxyl groups is 1. The Morgan fingerprint density at radius 2 is 1.94 bits per heavy atom. The van der Waals surface area contributed by atoms with Crippen LogP contribution in [0.4, 0.5) is 0 Å². The van der Waals surface area contributed by atoms with Crippen LogP contribution in [0, 0.1) is 11.8 Å². The van der Waals surface area contributed by atoms with Gasteiger partial charge in [0.05, 0.1) is 5.60 Å². The van der Waals surface area contributed by atoms with Crippen LogP contribution < -0.4 is 10.6 Å². The third kappa shape index (κ3) is 6.80. The second-order valence-electron chi connectivity index (χ2n) is 5.27. The highest BCUT2D eigenvalue weighted by atomic mass is 16.3. The Morgan fingerprint density at radius 1 is 1.38 bits per heavy atom. The van der Waals surface area contributed by atoms with Crippen LogP contribution in [0.3, 0.4) is 0 Å². The van der Waals surface area contributed by atoms with Gasteiger partial charge >= 0.3 is 0 Å². The SMILES string of the molecule is CNCC(C)C(=O)NCC(C)(O)CC(C)C. The van der Waals surface area contributed by atoms with Gasteiger partial charge in [-0.05, 0) is 26.3 Å². The quantitative estimate of drug-likeness (QED) is 0.605. The monoisotopic (exact) mass is 230 g/mol. The molecule has 4 nitrogen and oxygen atoms in total. The second-order valence-corrected chi connectivity index (χ2v) is 5.27. The first-order chi connectivity index (χ1) is 7.28. The van der Waals surface area contributed by atoms with E-state index in [1.807, 2.05) is 14.0 Å². The van der Waals surface area contributed by atoms with Gasteiger partial charge in [-0.15, -0.1) is 0 Å². The number of nitrogens with one attached hydrogen (secondary N) is 2. The first-order valence-electron chi connectivity index (χ1n) is 5.93. The molecule has 0 aliphatic heterocycles. The molecule has 96 valence electrons. The van der Waals surface area contributed by atoms with Crippen LogP contribution in [0.5, 0.6) is 0 Å². The number of rotatable bonds is 7. The van der Waals surface area contributed by atoms with Gasteiger partial charge in [0.15, 0.2) is 0 Å². The van der Waals surface area contributed by atoms with Crippen molar-refractivity contribution >= 4 is 5.91 Å². The molecule has 0 aromatic rings. The minimum absolute atomic E-state index is 0.0154. The van der Waals surface area contributed by atoms with Gasteiger partial charge in [-0.2, -0.15) is 0 Å². The number of amides is 1. The maximum atomic E-state index is 11.6. The van der Waals surface area contributed by atoms with E-state index in [-0.39, 0.29) is 11.8 Å². The summed E-state index contributed by atoms with van der Waals surface area (Å²) in [5.74, 6) is 0.333. The Morgan fingerprint density at radius 3 is 2.38 bits per heavy atom. The van der Waals surface area contributed by atoms with Crippen LogP contribution in [0.2, 0.25) is 0 Å². The summed E-state index contributed by atoms with van der Waals surface area (Å²) >= 11 is 0. The molecule has 1 amide bonds. The van der Waals surface area contributed by atoms with Crippen molar-refractivity contribution in [2.75, 3.05) is 20.1 Å². The highest BCUT2D eigenvalue weighted by Crippen LogP contribution is 2.15. The molecule has 0 fully saturated rings. The standard InChI is InChI=1S/C12H26N2O2/c1-9(2)6-12(4,16)8-14-11(15)10(3)7-13-5/h9-10,13,16H,6-8H2,1-5H3,(H,14,15). The van der Waals surface area contributed by atoms with Crippen molar-refractivity contribution in [2.24, 2.45) is 11.8 Å². The van der Waals surface area contributed by atoms with Gasteiger partial charge in [0, 0.05) is 19.0 Å². The lowest BCUT2D eigenvalue weighted by Gasteiger charge is -2.26. The Hall–Kier alpha value is -0.610. The highest BCUT2D eigenvalue weighted by molar-refractivity contribution is 5.78. The van der Waals surface area contributed by atoms with E-state index in [1.165, 1.54) is 0 Å². The van der Waals surface area contributed by atoms with Crippen molar-refractivity contribution in [1.82, 2.24) is 10.6 Å². The summed E-state index contributed by atoms with van der Waals surface area (Å²) in [6.45, 7) is 8.70.